The Morgan fingerprint density at radius 3 is 0.534 bits per heavy atom. The van der Waals surface area contributed by atoms with Crippen molar-refractivity contribution in [2.45, 2.75) is 41.5 Å². The van der Waals surface area contributed by atoms with Crippen molar-refractivity contribution in [2.24, 2.45) is 0 Å². The number of rotatable bonds is 22. The molecule has 0 N–H and O–H groups in total. The Hall–Kier alpha value is -18.5. The Morgan fingerprint density at radius 1 is 0.116 bits per heavy atom. The van der Waals surface area contributed by atoms with E-state index in [1.807, 2.05) is 0 Å². The summed E-state index contributed by atoms with van der Waals surface area (Å²) >= 11 is 0. The summed E-state index contributed by atoms with van der Waals surface area (Å²) in [6.07, 6.45) is 0. The fraction of sp³-hybridized carbons (Fsp3) is 0.0423. The minimum Gasteiger partial charge on any atom is -0.311 e. The normalized spacial score (nSPS) is 11.2. The molecule has 24 rings (SSSR count). The van der Waals surface area contributed by atoms with E-state index in [0.717, 1.165) is 79.4 Å². The van der Waals surface area contributed by atoms with Crippen LogP contribution < -0.4 is 19.6 Å². The number of para-hydroxylation sites is 4. The molecule has 0 radical (unpaired) electrons. The van der Waals surface area contributed by atoms with Gasteiger partial charge in [-0.25, -0.2) is 0 Å². The van der Waals surface area contributed by atoms with Crippen molar-refractivity contribution >= 4 is 111 Å². The summed E-state index contributed by atoms with van der Waals surface area (Å²) < 4.78 is 0. The van der Waals surface area contributed by atoms with E-state index in [9.17, 15) is 0 Å². The summed E-state index contributed by atoms with van der Waals surface area (Å²) in [5, 5.41) is 9.94. The SMILES string of the molecule is Cc1ccc2c(-c3c(-c4ccc(N(c5ccccc5)c5ccc(-c6ccccc6)cc5)cc4)ccc4cc(C)ccc34)c(-c3ccc(N(c4ccccc4)c4ccc(-c5ccccc5)cc4)cc3)ccc2c1.Cc1ccc2c(-c3c(C)cc(-c4ccc(N(c5ccccc5)c5ccc(-c6ccccc6)cc5)cc4)c4cc(C)ccc34)c(C)cc(-c3ccc(N(c4ccccc4)c4ccc(-c5ccccc5)cc4)cc3)c2c1. The van der Waals surface area contributed by atoms with E-state index < -0.39 is 0 Å². The predicted octanol–water partition coefficient (Wildman–Crippen LogP) is 40.4. The standard InChI is InChI=1S/C72H56N2.C70H52N2/c1-49-25-43-65-69(45-49)67(57-31-39-63(40-32-57)73(59-21-13-7-14-22-59)61-35-27-55(28-36-61)53-17-9-5-10-18-53)47-51(3)71(65)72-52(4)48-68(70-46-50(2)26-44-66(70)72)58-33-41-64(42-34-58)74(60-23-15-8-16-24-60)62-37-29-56(30-38-62)54-19-11-6-12-20-54;1-49-23-43-67-57(47-49)33-45-65(55-29-39-63(40-30-55)71(59-19-11-5-12-20-59)61-35-25-53(26-36-61)51-15-7-3-8-16-51)69(67)70-66(46-34-58-48-50(2)24-44-68(58)70)56-31-41-64(42-32-56)72(60-21-13-6-14-22-60)62-37-27-54(28-38-62)52-17-9-4-10-18-52/h5-48H,1-4H3;3-48H,1-2H3. The van der Waals surface area contributed by atoms with Gasteiger partial charge in [0.25, 0.3) is 0 Å². The molecule has 146 heavy (non-hydrogen) atoms. The van der Waals surface area contributed by atoms with Crippen molar-refractivity contribution in [1.29, 1.82) is 0 Å². The minimum atomic E-state index is 1.09. The first-order valence-corrected chi connectivity index (χ1v) is 50.5. The molecule has 0 fully saturated rings. The van der Waals surface area contributed by atoms with Crippen LogP contribution in [-0.2, 0) is 0 Å². The van der Waals surface area contributed by atoms with E-state index in [0.29, 0.717) is 0 Å². The third-order valence-electron chi connectivity index (χ3n) is 28.6. The van der Waals surface area contributed by atoms with Crippen LogP contribution in [0.3, 0.4) is 0 Å². The molecule has 0 aliphatic carbocycles. The zero-order chi connectivity index (χ0) is 98.5. The first-order valence-electron chi connectivity index (χ1n) is 50.5. The molecule has 0 amide bonds. The number of anilines is 12. The van der Waals surface area contributed by atoms with Crippen molar-refractivity contribution in [3.63, 3.8) is 0 Å². The topological polar surface area (TPSA) is 13.0 Å². The van der Waals surface area contributed by atoms with E-state index in [1.165, 1.54) is 177 Å². The lowest BCUT2D eigenvalue weighted by Gasteiger charge is -2.26. The van der Waals surface area contributed by atoms with E-state index in [2.05, 4.69) is 607 Å². The summed E-state index contributed by atoms with van der Waals surface area (Å²) in [6, 6.07) is 199. The van der Waals surface area contributed by atoms with E-state index in [1.54, 1.807) is 0 Å². The van der Waals surface area contributed by atoms with Crippen LogP contribution in [0.15, 0.2) is 546 Å². The quantitative estimate of drug-likeness (QED) is 0.0670. The van der Waals surface area contributed by atoms with Crippen LogP contribution in [-0.4, -0.2) is 0 Å². The average Bonchev–Trinajstić information content (AvgIpc) is 0.732. The van der Waals surface area contributed by atoms with Gasteiger partial charge in [0, 0.05) is 68.2 Å². The molecule has 24 aromatic carbocycles. The van der Waals surface area contributed by atoms with Gasteiger partial charge in [0.2, 0.25) is 0 Å². The van der Waals surface area contributed by atoms with Gasteiger partial charge in [0.1, 0.15) is 0 Å². The Labute approximate surface area is 856 Å². The maximum Gasteiger partial charge on any atom is 0.0462 e. The lowest BCUT2D eigenvalue weighted by Crippen LogP contribution is -2.09. The highest BCUT2D eigenvalue weighted by Crippen LogP contribution is 2.52. The van der Waals surface area contributed by atoms with E-state index in [4.69, 9.17) is 0 Å². The maximum absolute atomic E-state index is 2.42. The lowest BCUT2D eigenvalue weighted by molar-refractivity contribution is 1.28. The Morgan fingerprint density at radius 2 is 0.301 bits per heavy atom. The highest BCUT2D eigenvalue weighted by Gasteiger charge is 2.27. The smallest absolute Gasteiger partial charge is 0.0462 e. The second kappa shape index (κ2) is 40.6. The van der Waals surface area contributed by atoms with Gasteiger partial charge in [-0.3, -0.25) is 0 Å². The van der Waals surface area contributed by atoms with Crippen molar-refractivity contribution in [1.82, 2.24) is 0 Å². The fourth-order valence-electron chi connectivity index (χ4n) is 21.4. The van der Waals surface area contributed by atoms with E-state index in [-0.39, 0.29) is 0 Å². The second-order valence-electron chi connectivity index (χ2n) is 38.3. The molecule has 24 aromatic rings. The molecule has 696 valence electrons. The largest absolute Gasteiger partial charge is 0.311 e. The maximum atomic E-state index is 2.42. The molecular weight excluding hydrogens is 1760 g/mol. The van der Waals surface area contributed by atoms with Crippen LogP contribution in [0.1, 0.15) is 33.4 Å². The summed E-state index contributed by atoms with van der Waals surface area (Å²) in [5.74, 6) is 0. The van der Waals surface area contributed by atoms with Gasteiger partial charge in [0.05, 0.1) is 0 Å². The zero-order valence-electron chi connectivity index (χ0n) is 82.8. The van der Waals surface area contributed by atoms with Crippen LogP contribution in [0.4, 0.5) is 68.2 Å². The minimum absolute atomic E-state index is 1.09. The fourth-order valence-corrected chi connectivity index (χ4v) is 21.4. The molecule has 0 saturated heterocycles. The van der Waals surface area contributed by atoms with Crippen molar-refractivity contribution < 1.29 is 0 Å². The summed E-state index contributed by atoms with van der Waals surface area (Å²) in [7, 11) is 0. The highest BCUT2D eigenvalue weighted by atomic mass is 15.2. The molecule has 4 heteroatoms. The lowest BCUT2D eigenvalue weighted by atomic mass is 9.82. The zero-order valence-corrected chi connectivity index (χ0v) is 82.8. The van der Waals surface area contributed by atoms with Crippen molar-refractivity contribution in [3.8, 4) is 111 Å². The summed E-state index contributed by atoms with van der Waals surface area (Å²) in [5.41, 5.74) is 45.0. The van der Waals surface area contributed by atoms with Gasteiger partial charge >= 0.3 is 0 Å². The Kier molecular flexibility index (Phi) is 25.4. The molecule has 0 bridgehead atoms. The van der Waals surface area contributed by atoms with Crippen LogP contribution in [0.2, 0.25) is 0 Å². The number of hydrogen-bond acceptors (Lipinski definition) is 4. The highest BCUT2D eigenvalue weighted by molar-refractivity contribution is 6.17. The molecule has 0 atom stereocenters. The summed E-state index contributed by atoms with van der Waals surface area (Å²) in [4.78, 5) is 9.37. The van der Waals surface area contributed by atoms with Gasteiger partial charge in [-0.1, -0.05) is 423 Å². The monoisotopic (exact) mass is 1870 g/mol. The average molecular weight is 1870 g/mol. The second-order valence-corrected chi connectivity index (χ2v) is 38.3. The van der Waals surface area contributed by atoms with Gasteiger partial charge in [0.15, 0.2) is 0 Å². The van der Waals surface area contributed by atoms with Gasteiger partial charge < -0.3 is 19.6 Å². The Balaban J connectivity index is 0.000000161. The molecule has 0 aliphatic rings. The number of fused-ring (bicyclic) bond motifs is 4. The number of nitrogens with zero attached hydrogens (tertiary/aromatic N) is 4. The molecule has 0 aromatic heterocycles. The van der Waals surface area contributed by atoms with Gasteiger partial charge in [-0.2, -0.15) is 0 Å². The number of aryl methyl sites for hydroxylation is 6. The van der Waals surface area contributed by atoms with E-state index >= 15 is 0 Å². The van der Waals surface area contributed by atoms with Crippen molar-refractivity contribution in [3.05, 3.63) is 579 Å². The van der Waals surface area contributed by atoms with Crippen LogP contribution in [0, 0.1) is 41.5 Å². The predicted molar refractivity (Wildman–Crippen MR) is 624 cm³/mol. The first-order chi connectivity index (χ1) is 71.9. The van der Waals surface area contributed by atoms with Crippen LogP contribution >= 0.6 is 0 Å². The Bertz CT molecular complexity index is 8260. The molecule has 4 nitrogen and oxygen atoms in total. The van der Waals surface area contributed by atoms with Gasteiger partial charge in [-0.05, 0) is 353 Å². The summed E-state index contributed by atoms with van der Waals surface area (Å²) in [6.45, 7) is 13.4. The molecule has 0 saturated carbocycles. The molecule has 0 unspecified atom stereocenters. The van der Waals surface area contributed by atoms with Crippen LogP contribution in [0.25, 0.3) is 154 Å². The third kappa shape index (κ3) is 18.6. The number of hydrogen-bond donors (Lipinski definition) is 0. The van der Waals surface area contributed by atoms with Gasteiger partial charge in [-0.15, -0.1) is 0 Å². The molecule has 0 aliphatic heterocycles. The number of benzene rings is 24. The van der Waals surface area contributed by atoms with Crippen LogP contribution in [0.5, 0.6) is 0 Å². The molecular formula is C142H108N4. The molecule has 0 spiro atoms. The van der Waals surface area contributed by atoms with Crippen molar-refractivity contribution in [2.75, 3.05) is 19.6 Å². The third-order valence-corrected chi connectivity index (χ3v) is 28.6. The first kappa shape index (κ1) is 91.3. The molecule has 0 heterocycles.